The van der Waals surface area contributed by atoms with Gasteiger partial charge in [0.2, 0.25) is 0 Å². The lowest BCUT2D eigenvalue weighted by Gasteiger charge is -2.00. The highest BCUT2D eigenvalue weighted by molar-refractivity contribution is 7.27. The van der Waals surface area contributed by atoms with Crippen LogP contribution in [0.4, 0.5) is 0 Å². The summed E-state index contributed by atoms with van der Waals surface area (Å²) in [5.74, 6) is 0.778. The third-order valence-electron chi connectivity index (χ3n) is 1.95. The number of aryl methyl sites for hydroxylation is 1. The van der Waals surface area contributed by atoms with Crippen LogP contribution in [0.3, 0.4) is 0 Å². The van der Waals surface area contributed by atoms with E-state index < -0.39 is 0 Å². The van der Waals surface area contributed by atoms with E-state index in [2.05, 4.69) is 19.2 Å². The van der Waals surface area contributed by atoms with Gasteiger partial charge in [-0.15, -0.1) is 9.24 Å². The van der Waals surface area contributed by atoms with Crippen LogP contribution in [0.5, 0.6) is 0 Å². The molecule has 0 radical (unpaired) electrons. The Morgan fingerprint density at radius 2 is 1.44 bits per heavy atom. The smallest absolute Gasteiger partial charge is 0.159 e. The lowest BCUT2D eigenvalue weighted by atomic mass is 10.2. The van der Waals surface area contributed by atoms with Crippen LogP contribution in [0.1, 0.15) is 19.4 Å². The first-order valence-electron chi connectivity index (χ1n) is 5.40. The van der Waals surface area contributed by atoms with Crippen molar-refractivity contribution in [1.82, 2.24) is 9.97 Å². The van der Waals surface area contributed by atoms with Crippen molar-refractivity contribution in [3.63, 3.8) is 0 Å². The summed E-state index contributed by atoms with van der Waals surface area (Å²) in [4.78, 5) is 8.52. The average molecular weight is 232 g/mol. The van der Waals surface area contributed by atoms with Crippen molar-refractivity contribution in [3.05, 3.63) is 42.2 Å². The molecule has 0 spiro atoms. The van der Waals surface area contributed by atoms with E-state index in [1.54, 1.807) is 0 Å². The fraction of sp³-hybridized carbons (Fsp3) is 0.231. The maximum absolute atomic E-state index is 4.26. The van der Waals surface area contributed by atoms with Crippen molar-refractivity contribution >= 4 is 14.5 Å². The molecule has 2 nitrogen and oxygen atoms in total. The summed E-state index contributed by atoms with van der Waals surface area (Å²) in [6.07, 6.45) is 3.66. The van der Waals surface area contributed by atoms with Crippen molar-refractivity contribution in [2.75, 3.05) is 0 Å². The Morgan fingerprint density at radius 3 is 1.94 bits per heavy atom. The normalized spacial score (nSPS) is 9.25. The second-order valence-electron chi connectivity index (χ2n) is 3.21. The highest BCUT2D eigenvalue weighted by Gasteiger charge is 1.98. The van der Waals surface area contributed by atoms with E-state index in [4.69, 9.17) is 0 Å². The third kappa shape index (κ3) is 3.39. The Labute approximate surface area is 99.4 Å². The minimum atomic E-state index is 0.778. The summed E-state index contributed by atoms with van der Waals surface area (Å²) in [6, 6.07) is 8.10. The van der Waals surface area contributed by atoms with Crippen LogP contribution in [0.15, 0.2) is 36.7 Å². The van der Waals surface area contributed by atoms with E-state index in [1.807, 2.05) is 57.4 Å². The summed E-state index contributed by atoms with van der Waals surface area (Å²) in [7, 11) is 2.66. The highest BCUT2D eigenvalue weighted by atomic mass is 31.0. The molecule has 0 aliphatic rings. The number of hydrogen-bond donors (Lipinski definition) is 0. The van der Waals surface area contributed by atoms with Gasteiger partial charge >= 0.3 is 0 Å². The summed E-state index contributed by atoms with van der Waals surface area (Å²) in [5, 5.41) is 1.17. The van der Waals surface area contributed by atoms with Crippen molar-refractivity contribution in [2.24, 2.45) is 0 Å². The Morgan fingerprint density at radius 1 is 0.938 bits per heavy atom. The van der Waals surface area contributed by atoms with Gasteiger partial charge in [-0.3, -0.25) is 0 Å². The van der Waals surface area contributed by atoms with E-state index in [9.17, 15) is 0 Å². The third-order valence-corrected chi connectivity index (χ3v) is 2.33. The molecular formula is C13H17N2P. The predicted octanol–water partition coefficient (Wildman–Crippen LogP) is 2.98. The van der Waals surface area contributed by atoms with Crippen LogP contribution >= 0.6 is 9.24 Å². The number of hydrogen-bond acceptors (Lipinski definition) is 2. The maximum Gasteiger partial charge on any atom is 0.159 e. The first-order valence-corrected chi connectivity index (χ1v) is 5.98. The first-order chi connectivity index (χ1) is 7.75. The zero-order chi connectivity index (χ0) is 12.0. The Hall–Kier alpha value is -1.27. The fourth-order valence-electron chi connectivity index (χ4n) is 1.17. The monoisotopic (exact) mass is 232 g/mol. The molecule has 84 valence electrons. The van der Waals surface area contributed by atoms with Crippen LogP contribution in [-0.2, 0) is 0 Å². The van der Waals surface area contributed by atoms with Gasteiger partial charge < -0.3 is 0 Å². The molecular weight excluding hydrogens is 215 g/mol. The van der Waals surface area contributed by atoms with Crippen LogP contribution in [0.25, 0.3) is 11.4 Å². The minimum Gasteiger partial charge on any atom is -0.236 e. The van der Waals surface area contributed by atoms with Crippen LogP contribution < -0.4 is 5.30 Å². The molecule has 0 bridgehead atoms. The summed E-state index contributed by atoms with van der Waals surface area (Å²) in [6.45, 7) is 5.98. The van der Waals surface area contributed by atoms with Gasteiger partial charge in [0.05, 0.1) is 0 Å². The molecule has 1 unspecified atom stereocenters. The molecule has 1 heterocycles. The molecule has 3 heteroatoms. The summed E-state index contributed by atoms with van der Waals surface area (Å²) < 4.78 is 0. The van der Waals surface area contributed by atoms with E-state index in [-0.39, 0.29) is 0 Å². The largest absolute Gasteiger partial charge is 0.236 e. The molecule has 0 aliphatic heterocycles. The second kappa shape index (κ2) is 6.34. The molecule has 2 aromatic rings. The van der Waals surface area contributed by atoms with Crippen LogP contribution in [-0.4, -0.2) is 9.97 Å². The fourth-order valence-corrected chi connectivity index (χ4v) is 1.37. The molecule has 0 saturated carbocycles. The lowest BCUT2D eigenvalue weighted by molar-refractivity contribution is 1.14. The molecule has 1 aromatic carbocycles. The molecule has 0 amide bonds. The van der Waals surface area contributed by atoms with Gasteiger partial charge in [-0.25, -0.2) is 9.97 Å². The Balaban J connectivity index is 0.000000606. The Kier molecular flexibility index (Phi) is 5.07. The number of aromatic nitrogens is 2. The molecule has 0 saturated heterocycles. The Bertz CT molecular complexity index is 377. The summed E-state index contributed by atoms with van der Waals surface area (Å²) in [5.41, 5.74) is 2.13. The van der Waals surface area contributed by atoms with E-state index in [1.165, 1.54) is 5.30 Å². The number of benzene rings is 1. The topological polar surface area (TPSA) is 25.8 Å². The molecule has 0 N–H and O–H groups in total. The minimum absolute atomic E-state index is 0.778. The zero-order valence-electron chi connectivity index (χ0n) is 9.94. The van der Waals surface area contributed by atoms with Gasteiger partial charge in [-0.2, -0.15) is 0 Å². The molecule has 1 aromatic heterocycles. The van der Waals surface area contributed by atoms with Crippen LogP contribution in [0, 0.1) is 6.92 Å². The maximum atomic E-state index is 4.26. The van der Waals surface area contributed by atoms with Crippen molar-refractivity contribution in [2.45, 2.75) is 20.8 Å². The van der Waals surface area contributed by atoms with Gasteiger partial charge in [0.1, 0.15) is 0 Å². The highest BCUT2D eigenvalue weighted by Crippen LogP contribution is 2.12. The van der Waals surface area contributed by atoms with Crippen molar-refractivity contribution in [1.29, 1.82) is 0 Å². The van der Waals surface area contributed by atoms with Crippen molar-refractivity contribution < 1.29 is 0 Å². The molecule has 1 atom stereocenters. The van der Waals surface area contributed by atoms with E-state index in [0.29, 0.717) is 0 Å². The lowest BCUT2D eigenvalue weighted by Crippen LogP contribution is -1.92. The van der Waals surface area contributed by atoms with Gasteiger partial charge in [0.15, 0.2) is 5.82 Å². The standard InChI is InChI=1S/C11H11N2P.C2H6/c1-8-6-12-11(13-7-8)9-2-4-10(14)5-3-9;1-2/h2-7H,14H2,1H3;1-2H3. The van der Waals surface area contributed by atoms with Gasteiger partial charge in [-0.05, 0) is 17.8 Å². The zero-order valence-corrected chi connectivity index (χ0v) is 11.1. The molecule has 0 fully saturated rings. The van der Waals surface area contributed by atoms with Gasteiger partial charge in [0.25, 0.3) is 0 Å². The van der Waals surface area contributed by atoms with Crippen molar-refractivity contribution in [3.8, 4) is 11.4 Å². The quantitative estimate of drug-likeness (QED) is 0.706. The van der Waals surface area contributed by atoms with Gasteiger partial charge in [-0.1, -0.05) is 38.1 Å². The second-order valence-corrected chi connectivity index (χ2v) is 3.87. The number of rotatable bonds is 1. The first kappa shape index (κ1) is 12.8. The van der Waals surface area contributed by atoms with E-state index >= 15 is 0 Å². The summed E-state index contributed by atoms with van der Waals surface area (Å²) >= 11 is 0. The molecule has 2 rings (SSSR count). The average Bonchev–Trinajstić information content (AvgIpc) is 2.34. The van der Waals surface area contributed by atoms with E-state index in [0.717, 1.165) is 17.0 Å². The molecule has 0 aliphatic carbocycles. The van der Waals surface area contributed by atoms with Gasteiger partial charge in [0, 0.05) is 18.0 Å². The molecule has 16 heavy (non-hydrogen) atoms. The SMILES string of the molecule is CC.Cc1cnc(-c2ccc(P)cc2)nc1. The number of nitrogens with zero attached hydrogens (tertiary/aromatic N) is 2. The van der Waals surface area contributed by atoms with Crippen LogP contribution in [0.2, 0.25) is 0 Å². The predicted molar refractivity (Wildman–Crippen MR) is 72.9 cm³/mol.